The van der Waals surface area contributed by atoms with Crippen molar-refractivity contribution in [2.75, 3.05) is 16.8 Å². The van der Waals surface area contributed by atoms with Crippen LogP contribution in [0.4, 0.5) is 11.4 Å². The average molecular weight is 389 g/mol. The van der Waals surface area contributed by atoms with Gasteiger partial charge in [0.05, 0.1) is 5.69 Å². The molecule has 0 aliphatic heterocycles. The number of nitrogens with zero attached hydrogens (tertiary/aromatic N) is 1. The highest BCUT2D eigenvalue weighted by Crippen LogP contribution is 2.25. The number of rotatable bonds is 5. The number of carbonyl (C=O) groups is 2. The summed E-state index contributed by atoms with van der Waals surface area (Å²) < 4.78 is 0.830. The molecule has 2 aromatic carbocycles. The number of amides is 2. The quantitative estimate of drug-likeness (QED) is 0.822. The van der Waals surface area contributed by atoms with E-state index in [1.54, 1.807) is 4.90 Å². The molecule has 24 heavy (non-hydrogen) atoms. The molecule has 0 heterocycles. The van der Waals surface area contributed by atoms with Crippen molar-refractivity contribution < 1.29 is 9.59 Å². The van der Waals surface area contributed by atoms with E-state index < -0.39 is 0 Å². The summed E-state index contributed by atoms with van der Waals surface area (Å²) in [6.07, 6.45) is 0.231. The number of hydrogen-bond donors (Lipinski definition) is 1. The lowest BCUT2D eigenvalue weighted by Gasteiger charge is -2.25. The van der Waals surface area contributed by atoms with Gasteiger partial charge >= 0.3 is 0 Å². The molecule has 0 aliphatic rings. The Labute approximate surface area is 151 Å². The Morgan fingerprint density at radius 1 is 1.04 bits per heavy atom. The predicted molar refractivity (Wildman–Crippen MR) is 101 cm³/mol. The van der Waals surface area contributed by atoms with Gasteiger partial charge in [0, 0.05) is 30.0 Å². The summed E-state index contributed by atoms with van der Waals surface area (Å²) in [5.41, 5.74) is 3.66. The van der Waals surface area contributed by atoms with Crippen molar-refractivity contribution in [3.05, 3.63) is 58.1 Å². The molecule has 0 spiro atoms. The molecule has 0 atom stereocenters. The first-order chi connectivity index (χ1) is 11.4. The van der Waals surface area contributed by atoms with Gasteiger partial charge in [0.2, 0.25) is 11.8 Å². The normalized spacial score (nSPS) is 10.3. The van der Waals surface area contributed by atoms with E-state index in [9.17, 15) is 9.59 Å². The van der Waals surface area contributed by atoms with E-state index in [0.717, 1.165) is 27.0 Å². The second-order valence-electron chi connectivity index (χ2n) is 5.69. The second-order valence-corrected chi connectivity index (χ2v) is 6.54. The summed E-state index contributed by atoms with van der Waals surface area (Å²) in [5, 5.41) is 2.86. The third kappa shape index (κ3) is 4.45. The summed E-state index contributed by atoms with van der Waals surface area (Å²) in [6, 6.07) is 13.4. The zero-order chi connectivity index (χ0) is 17.7. The number of hydrogen-bond acceptors (Lipinski definition) is 2. The summed E-state index contributed by atoms with van der Waals surface area (Å²) in [7, 11) is 0. The molecule has 2 aromatic rings. The highest BCUT2D eigenvalue weighted by Gasteiger charge is 2.17. The lowest BCUT2D eigenvalue weighted by atomic mass is 10.1. The summed E-state index contributed by atoms with van der Waals surface area (Å²) in [5.74, 6) is -0.194. The molecule has 0 aliphatic carbocycles. The molecular formula is C19H21BrN2O2. The van der Waals surface area contributed by atoms with Crippen molar-refractivity contribution in [1.29, 1.82) is 0 Å². The number of aryl methyl sites for hydroxylation is 2. The maximum atomic E-state index is 12.2. The van der Waals surface area contributed by atoms with E-state index in [2.05, 4.69) is 21.2 Å². The fourth-order valence-corrected chi connectivity index (χ4v) is 3.03. The Balaban J connectivity index is 2.08. The van der Waals surface area contributed by atoms with E-state index in [4.69, 9.17) is 0 Å². The highest BCUT2D eigenvalue weighted by molar-refractivity contribution is 9.10. The van der Waals surface area contributed by atoms with Crippen LogP contribution in [0.2, 0.25) is 0 Å². The number of para-hydroxylation sites is 2. The molecule has 0 unspecified atom stereocenters. The molecule has 2 amide bonds. The Hall–Kier alpha value is -2.14. The van der Waals surface area contributed by atoms with Crippen LogP contribution in [0.15, 0.2) is 46.9 Å². The van der Waals surface area contributed by atoms with Crippen LogP contribution in [0.25, 0.3) is 0 Å². The van der Waals surface area contributed by atoms with Crippen LogP contribution in [0, 0.1) is 13.8 Å². The Bertz CT molecular complexity index is 739. The van der Waals surface area contributed by atoms with Gasteiger partial charge in [-0.3, -0.25) is 9.59 Å². The van der Waals surface area contributed by atoms with Crippen molar-refractivity contribution in [1.82, 2.24) is 0 Å². The number of carbonyl (C=O) groups excluding carboxylic acids is 2. The number of nitrogens with one attached hydrogen (secondary N) is 1. The Morgan fingerprint density at radius 2 is 1.67 bits per heavy atom. The first-order valence-electron chi connectivity index (χ1n) is 7.79. The highest BCUT2D eigenvalue weighted by atomic mass is 79.9. The van der Waals surface area contributed by atoms with Crippen LogP contribution >= 0.6 is 15.9 Å². The predicted octanol–water partition coefficient (Wildman–Crippen LogP) is 4.45. The molecule has 0 fully saturated rings. The molecular weight excluding hydrogens is 368 g/mol. The Morgan fingerprint density at radius 3 is 2.25 bits per heavy atom. The van der Waals surface area contributed by atoms with E-state index in [-0.39, 0.29) is 18.2 Å². The lowest BCUT2D eigenvalue weighted by molar-refractivity contribution is -0.117. The molecule has 1 N–H and O–H groups in total. The SMILES string of the molecule is CC(=O)N(CCC(=O)Nc1ccccc1Br)c1c(C)cccc1C. The van der Waals surface area contributed by atoms with Crippen LogP contribution in [0.1, 0.15) is 24.5 Å². The van der Waals surface area contributed by atoms with Gasteiger partial charge in [-0.2, -0.15) is 0 Å². The molecule has 4 nitrogen and oxygen atoms in total. The van der Waals surface area contributed by atoms with Gasteiger partial charge in [-0.25, -0.2) is 0 Å². The number of benzene rings is 2. The number of anilines is 2. The lowest BCUT2D eigenvalue weighted by Crippen LogP contribution is -2.33. The second kappa shape index (κ2) is 8.11. The molecule has 0 saturated carbocycles. The summed E-state index contributed by atoms with van der Waals surface area (Å²) >= 11 is 3.40. The Kier molecular flexibility index (Phi) is 6.15. The third-order valence-corrected chi connectivity index (χ3v) is 4.49. The van der Waals surface area contributed by atoms with Crippen molar-refractivity contribution >= 4 is 39.1 Å². The molecule has 0 saturated heterocycles. The van der Waals surface area contributed by atoms with Gasteiger partial charge in [-0.05, 0) is 53.0 Å². The fourth-order valence-electron chi connectivity index (χ4n) is 2.65. The van der Waals surface area contributed by atoms with E-state index >= 15 is 0 Å². The molecule has 126 valence electrons. The number of halogens is 1. The van der Waals surface area contributed by atoms with Crippen LogP contribution < -0.4 is 10.2 Å². The van der Waals surface area contributed by atoms with Crippen molar-refractivity contribution in [2.24, 2.45) is 0 Å². The van der Waals surface area contributed by atoms with E-state index in [0.29, 0.717) is 6.54 Å². The third-order valence-electron chi connectivity index (χ3n) is 3.80. The van der Waals surface area contributed by atoms with E-state index in [1.165, 1.54) is 6.92 Å². The van der Waals surface area contributed by atoms with Gasteiger partial charge in [0.25, 0.3) is 0 Å². The van der Waals surface area contributed by atoms with Gasteiger partial charge in [0.1, 0.15) is 0 Å². The summed E-state index contributed by atoms with van der Waals surface area (Å²) in [4.78, 5) is 26.0. The van der Waals surface area contributed by atoms with Crippen molar-refractivity contribution in [3.63, 3.8) is 0 Å². The minimum Gasteiger partial charge on any atom is -0.325 e. The maximum absolute atomic E-state index is 12.2. The zero-order valence-electron chi connectivity index (χ0n) is 14.1. The minimum atomic E-state index is -0.126. The van der Waals surface area contributed by atoms with Gasteiger partial charge < -0.3 is 10.2 Å². The first kappa shape index (κ1) is 18.2. The molecule has 0 bridgehead atoms. The van der Waals surface area contributed by atoms with Gasteiger partial charge in [-0.1, -0.05) is 30.3 Å². The minimum absolute atomic E-state index is 0.0684. The monoisotopic (exact) mass is 388 g/mol. The van der Waals surface area contributed by atoms with Crippen molar-refractivity contribution in [3.8, 4) is 0 Å². The van der Waals surface area contributed by atoms with Crippen molar-refractivity contribution in [2.45, 2.75) is 27.2 Å². The average Bonchev–Trinajstić information content (AvgIpc) is 2.52. The van der Waals surface area contributed by atoms with Crippen LogP contribution in [0.3, 0.4) is 0 Å². The first-order valence-corrected chi connectivity index (χ1v) is 8.58. The molecule has 5 heteroatoms. The van der Waals surface area contributed by atoms with Gasteiger partial charge in [-0.15, -0.1) is 0 Å². The van der Waals surface area contributed by atoms with Crippen LogP contribution in [-0.2, 0) is 9.59 Å². The molecule has 0 radical (unpaired) electrons. The molecule has 0 aromatic heterocycles. The largest absolute Gasteiger partial charge is 0.325 e. The zero-order valence-corrected chi connectivity index (χ0v) is 15.7. The van der Waals surface area contributed by atoms with Gasteiger partial charge in [0.15, 0.2) is 0 Å². The standard InChI is InChI=1S/C19H21BrN2O2/c1-13-7-6-8-14(2)19(13)22(15(3)23)12-11-18(24)21-17-10-5-4-9-16(17)20/h4-10H,11-12H2,1-3H3,(H,21,24). The van der Waals surface area contributed by atoms with E-state index in [1.807, 2.05) is 56.3 Å². The smallest absolute Gasteiger partial charge is 0.226 e. The van der Waals surface area contributed by atoms with Crippen LogP contribution in [0.5, 0.6) is 0 Å². The fraction of sp³-hybridized carbons (Fsp3) is 0.263. The topological polar surface area (TPSA) is 49.4 Å². The molecule has 2 rings (SSSR count). The van der Waals surface area contributed by atoms with Crippen LogP contribution in [-0.4, -0.2) is 18.4 Å². The summed E-state index contributed by atoms with van der Waals surface area (Å²) in [6.45, 7) is 5.81. The maximum Gasteiger partial charge on any atom is 0.226 e.